The Hall–Kier alpha value is -2.90. The molecule has 8 heteroatoms. The Morgan fingerprint density at radius 1 is 1.19 bits per heavy atom. The molecule has 4 atom stereocenters. The van der Waals surface area contributed by atoms with Crippen LogP contribution in [0.15, 0.2) is 24.3 Å². The van der Waals surface area contributed by atoms with E-state index >= 15 is 0 Å². The fourth-order valence-electron chi connectivity index (χ4n) is 4.92. The van der Waals surface area contributed by atoms with Crippen LogP contribution in [0.3, 0.4) is 0 Å². The summed E-state index contributed by atoms with van der Waals surface area (Å²) in [6, 6.07) is 6.51. The van der Waals surface area contributed by atoms with E-state index in [9.17, 15) is 14.4 Å². The van der Waals surface area contributed by atoms with Gasteiger partial charge >= 0.3 is 0 Å². The van der Waals surface area contributed by atoms with Crippen LogP contribution < -0.4 is 16.4 Å². The van der Waals surface area contributed by atoms with E-state index in [0.717, 1.165) is 25.7 Å². The van der Waals surface area contributed by atoms with Crippen molar-refractivity contribution in [1.82, 2.24) is 10.2 Å². The van der Waals surface area contributed by atoms with Gasteiger partial charge in [0.2, 0.25) is 11.8 Å². The summed E-state index contributed by atoms with van der Waals surface area (Å²) in [5.74, 6) is -0.147. The Morgan fingerprint density at radius 3 is 2.66 bits per heavy atom. The largest absolute Gasteiger partial charge is 0.376 e. The molecule has 2 fully saturated rings. The molecular weight excluding hydrogens is 406 g/mol. The van der Waals surface area contributed by atoms with E-state index in [4.69, 9.17) is 11.1 Å². The smallest absolute Gasteiger partial charge is 0.267 e. The number of nitrogens with one attached hydrogen (secondary N) is 3. The Balaban J connectivity index is 1.62. The lowest BCUT2D eigenvalue weighted by molar-refractivity contribution is -0.137. The normalized spacial score (nSPS) is 25.2. The van der Waals surface area contributed by atoms with Crippen LogP contribution in [-0.4, -0.2) is 53.5 Å². The average molecular weight is 442 g/mol. The number of carbonyl (C=O) groups excluding carboxylic acids is 3. The molecule has 1 aromatic carbocycles. The molecule has 8 nitrogen and oxygen atoms in total. The molecule has 0 aromatic heterocycles. The van der Waals surface area contributed by atoms with Gasteiger partial charge in [0.05, 0.1) is 6.54 Å². The zero-order valence-electron chi connectivity index (χ0n) is 19.0. The van der Waals surface area contributed by atoms with E-state index in [2.05, 4.69) is 24.5 Å². The first-order valence-electron chi connectivity index (χ1n) is 11.6. The maximum Gasteiger partial charge on any atom is 0.267 e. The first kappa shape index (κ1) is 23.8. The van der Waals surface area contributed by atoms with Gasteiger partial charge in [-0.2, -0.15) is 0 Å². The van der Waals surface area contributed by atoms with Crippen molar-refractivity contribution in [3.63, 3.8) is 0 Å². The van der Waals surface area contributed by atoms with Crippen LogP contribution in [0.5, 0.6) is 0 Å². The van der Waals surface area contributed by atoms with Gasteiger partial charge < -0.3 is 21.3 Å². The Labute approximate surface area is 189 Å². The van der Waals surface area contributed by atoms with Crippen LogP contribution in [0.4, 0.5) is 5.69 Å². The summed E-state index contributed by atoms with van der Waals surface area (Å²) in [4.78, 5) is 39.1. The molecular formula is C24H35N5O3. The number of hydrogen-bond acceptors (Lipinski definition) is 5. The molecule has 3 rings (SSSR count). The molecule has 1 aromatic rings. The average Bonchev–Trinajstić information content (AvgIpc) is 3.19. The summed E-state index contributed by atoms with van der Waals surface area (Å²) in [5.41, 5.74) is 5.77. The highest BCUT2D eigenvalue weighted by Gasteiger charge is 2.38. The summed E-state index contributed by atoms with van der Waals surface area (Å²) in [7, 11) is 0. The van der Waals surface area contributed by atoms with Crippen LogP contribution >= 0.6 is 0 Å². The van der Waals surface area contributed by atoms with E-state index in [-0.39, 0.29) is 36.0 Å². The van der Waals surface area contributed by atoms with E-state index in [1.54, 1.807) is 29.2 Å². The Bertz CT molecular complexity index is 871. The molecule has 5 N–H and O–H groups in total. The number of nitrogens with two attached hydrogens (primary N) is 1. The first-order chi connectivity index (χ1) is 15.3. The van der Waals surface area contributed by atoms with E-state index < -0.39 is 11.9 Å². The van der Waals surface area contributed by atoms with Gasteiger partial charge in [-0.15, -0.1) is 0 Å². The van der Waals surface area contributed by atoms with Crippen molar-refractivity contribution in [2.24, 2.45) is 17.6 Å². The number of anilines is 1. The fourth-order valence-corrected chi connectivity index (χ4v) is 4.92. The van der Waals surface area contributed by atoms with Gasteiger partial charge in [-0.1, -0.05) is 51.3 Å². The number of amides is 3. The van der Waals surface area contributed by atoms with Gasteiger partial charge in [0.25, 0.3) is 5.91 Å². The molecule has 3 amide bonds. The lowest BCUT2D eigenvalue weighted by atomic mass is 9.84. The number of benzene rings is 1. The predicted octanol–water partition coefficient (Wildman–Crippen LogP) is 2.27. The highest BCUT2D eigenvalue weighted by molar-refractivity contribution is 6.44. The fraction of sp³-hybridized carbons (Fsp3) is 0.583. The molecule has 1 saturated carbocycles. The number of hydrogen-bond donors (Lipinski definition) is 4. The lowest BCUT2D eigenvalue weighted by Gasteiger charge is -2.31. The minimum atomic E-state index is -0.830. The number of likely N-dealkylation sites (tertiary alicyclic amines) is 1. The second-order valence-corrected chi connectivity index (χ2v) is 9.19. The third-order valence-corrected chi connectivity index (χ3v) is 6.71. The molecule has 1 heterocycles. The molecule has 32 heavy (non-hydrogen) atoms. The third kappa shape index (κ3) is 5.66. The summed E-state index contributed by atoms with van der Waals surface area (Å²) in [5, 5.41) is 14.1. The highest BCUT2D eigenvalue weighted by atomic mass is 16.2. The van der Waals surface area contributed by atoms with Crippen LogP contribution in [0.2, 0.25) is 0 Å². The Kier molecular flexibility index (Phi) is 7.88. The molecule has 1 aliphatic heterocycles. The van der Waals surface area contributed by atoms with Crippen molar-refractivity contribution in [1.29, 1.82) is 5.41 Å². The van der Waals surface area contributed by atoms with Crippen molar-refractivity contribution < 1.29 is 14.4 Å². The maximum absolute atomic E-state index is 13.1. The molecule has 0 bridgehead atoms. The molecule has 2 unspecified atom stereocenters. The SMILES string of the molecule is CCC1CCCC(NC(=O)[C@@H]2C[C@H](C)CN2C(=O)CNc2ccccc2C(=N)C(N)=O)C1. The number of primary amides is 1. The third-order valence-electron chi connectivity index (χ3n) is 6.71. The maximum atomic E-state index is 13.1. The van der Waals surface area contributed by atoms with Gasteiger partial charge in [0.15, 0.2) is 0 Å². The zero-order chi connectivity index (χ0) is 23.3. The molecule has 0 spiro atoms. The highest BCUT2D eigenvalue weighted by Crippen LogP contribution is 2.28. The van der Waals surface area contributed by atoms with Crippen molar-refractivity contribution in [3.05, 3.63) is 29.8 Å². The zero-order valence-corrected chi connectivity index (χ0v) is 19.0. The molecule has 1 saturated heterocycles. The standard InChI is InChI=1S/C24H35N5O3/c1-3-16-7-6-8-17(12-16)28-24(32)20-11-15(2)14-29(20)21(30)13-27-19-10-5-4-9-18(19)22(25)23(26)31/h4-5,9-10,15-17,20,25,27H,3,6-8,11-14H2,1-2H3,(H2,26,31)(H,28,32)/t15-,16?,17?,20-/m0/s1. The van der Waals surface area contributed by atoms with E-state index in [1.807, 2.05) is 0 Å². The topological polar surface area (TPSA) is 128 Å². The summed E-state index contributed by atoms with van der Waals surface area (Å²) < 4.78 is 0. The first-order valence-corrected chi connectivity index (χ1v) is 11.6. The summed E-state index contributed by atoms with van der Waals surface area (Å²) in [6.45, 7) is 4.77. The van der Waals surface area contributed by atoms with Crippen molar-refractivity contribution in [2.75, 3.05) is 18.4 Å². The minimum Gasteiger partial charge on any atom is -0.376 e. The summed E-state index contributed by atoms with van der Waals surface area (Å²) >= 11 is 0. The van der Waals surface area contributed by atoms with Gasteiger partial charge in [-0.25, -0.2) is 0 Å². The lowest BCUT2D eigenvalue weighted by Crippen LogP contribution is -2.50. The molecule has 2 aliphatic rings. The molecule has 0 radical (unpaired) electrons. The van der Waals surface area contributed by atoms with Crippen LogP contribution in [0, 0.1) is 17.2 Å². The second kappa shape index (κ2) is 10.6. The summed E-state index contributed by atoms with van der Waals surface area (Å²) in [6.07, 6.45) is 6.18. The number of nitrogens with zero attached hydrogens (tertiary/aromatic N) is 1. The predicted molar refractivity (Wildman–Crippen MR) is 124 cm³/mol. The second-order valence-electron chi connectivity index (χ2n) is 9.19. The van der Waals surface area contributed by atoms with Crippen LogP contribution in [0.1, 0.15) is 57.9 Å². The quantitative estimate of drug-likeness (QED) is 0.461. The van der Waals surface area contributed by atoms with Gasteiger partial charge in [-0.3, -0.25) is 19.8 Å². The van der Waals surface area contributed by atoms with Crippen LogP contribution in [-0.2, 0) is 14.4 Å². The van der Waals surface area contributed by atoms with Crippen molar-refractivity contribution >= 4 is 29.1 Å². The van der Waals surface area contributed by atoms with Gasteiger partial charge in [0.1, 0.15) is 11.8 Å². The molecule has 174 valence electrons. The van der Waals surface area contributed by atoms with Crippen molar-refractivity contribution in [2.45, 2.75) is 64.5 Å². The number of carbonyl (C=O) groups is 3. The van der Waals surface area contributed by atoms with E-state index in [1.165, 1.54) is 6.42 Å². The van der Waals surface area contributed by atoms with E-state index in [0.29, 0.717) is 30.1 Å². The van der Waals surface area contributed by atoms with Crippen LogP contribution in [0.25, 0.3) is 0 Å². The number of rotatable bonds is 8. The van der Waals surface area contributed by atoms with Gasteiger partial charge in [0, 0.05) is 23.8 Å². The molecule has 1 aliphatic carbocycles. The van der Waals surface area contributed by atoms with Gasteiger partial charge in [-0.05, 0) is 37.2 Å². The number of para-hydroxylation sites is 1. The monoisotopic (exact) mass is 441 g/mol. The van der Waals surface area contributed by atoms with Crippen molar-refractivity contribution in [3.8, 4) is 0 Å². The Morgan fingerprint density at radius 2 is 1.94 bits per heavy atom. The minimum absolute atomic E-state index is 0.0269.